The minimum atomic E-state index is -0.903. The fourth-order valence-electron chi connectivity index (χ4n) is 2.64. The van der Waals surface area contributed by atoms with Crippen molar-refractivity contribution in [2.75, 3.05) is 0 Å². The monoisotopic (exact) mass is 480 g/mol. The Labute approximate surface area is 197 Å². The van der Waals surface area contributed by atoms with E-state index in [1.54, 1.807) is 13.8 Å². The van der Waals surface area contributed by atoms with Crippen molar-refractivity contribution < 1.29 is 15.0 Å². The Bertz CT molecular complexity index is 243. The molecule has 0 fully saturated rings. The Morgan fingerprint density at radius 3 is 1.16 bits per heavy atom. The molecule has 3 nitrogen and oxygen atoms in total. The summed E-state index contributed by atoms with van der Waals surface area (Å²) in [6.07, 6.45) is 19.4. The molecule has 0 saturated heterocycles. The van der Waals surface area contributed by atoms with Crippen LogP contribution in [-0.2, 0) is 4.79 Å². The van der Waals surface area contributed by atoms with E-state index < -0.39 is 12.1 Å². The van der Waals surface area contributed by atoms with Gasteiger partial charge in [0.15, 0.2) is 0 Å². The summed E-state index contributed by atoms with van der Waals surface area (Å²) >= 11 is 0. The molecule has 0 bridgehead atoms. The summed E-state index contributed by atoms with van der Waals surface area (Å²) in [6, 6.07) is 0. The van der Waals surface area contributed by atoms with Crippen LogP contribution in [0.3, 0.4) is 0 Å². The number of unbranched alkanes of at least 4 members (excludes halogenated alkanes) is 14. The number of aliphatic carboxylic acids is 1. The quantitative estimate of drug-likeness (QED) is 0.244. The van der Waals surface area contributed by atoms with Gasteiger partial charge in [-0.15, -0.1) is 6.10 Å². The third-order valence-corrected chi connectivity index (χ3v) is 3.98. The third kappa shape index (κ3) is 40.8. The standard InChI is InChI=1S/C18H36O2.C3H7O.Ba/c1-2-3-4-5-6-7-8-9-10-11-12-13-14-15-16-17-18(19)20;1-3(2)4;/h2-17H2,1H3,(H,19,20);3H,1-2H3;/q;-1;+2/p-1. The van der Waals surface area contributed by atoms with E-state index in [9.17, 15) is 15.0 Å². The molecule has 4 heteroatoms. The topological polar surface area (TPSA) is 63.2 Å². The summed E-state index contributed by atoms with van der Waals surface area (Å²) in [5.74, 6) is -0.903. The minimum absolute atomic E-state index is 0. The maximum Gasteiger partial charge on any atom is 2.00 e. The zero-order valence-electron chi connectivity index (χ0n) is 17.3. The van der Waals surface area contributed by atoms with Crippen LogP contribution >= 0.6 is 0 Å². The Morgan fingerprint density at radius 2 is 0.920 bits per heavy atom. The van der Waals surface area contributed by atoms with Crippen LogP contribution in [0.2, 0.25) is 0 Å². The average molecular weight is 480 g/mol. The molecule has 0 spiro atoms. The first kappa shape index (κ1) is 30.7. The number of rotatable bonds is 16. The number of carbonyl (C=O) groups excluding carboxylic acids is 1. The van der Waals surface area contributed by atoms with E-state index in [0.29, 0.717) is 0 Å². The summed E-state index contributed by atoms with van der Waals surface area (Å²) < 4.78 is 0. The molecular formula is C21H42BaO3. The molecular weight excluding hydrogens is 438 g/mol. The zero-order valence-corrected chi connectivity index (χ0v) is 21.8. The number of hydrogen-bond acceptors (Lipinski definition) is 3. The second-order valence-corrected chi connectivity index (χ2v) is 7.12. The molecule has 0 amide bonds. The zero-order chi connectivity index (χ0) is 18.5. The Balaban J connectivity index is -0.000000867. The van der Waals surface area contributed by atoms with Crippen LogP contribution < -0.4 is 10.2 Å². The van der Waals surface area contributed by atoms with Gasteiger partial charge in [0, 0.05) is 5.97 Å². The number of carboxylic acid groups (broad SMARTS) is 1. The van der Waals surface area contributed by atoms with Gasteiger partial charge in [-0.05, 0) is 12.8 Å². The van der Waals surface area contributed by atoms with Gasteiger partial charge in [0.05, 0.1) is 0 Å². The van der Waals surface area contributed by atoms with E-state index in [0.717, 1.165) is 12.8 Å². The summed E-state index contributed by atoms with van der Waals surface area (Å²) in [7, 11) is 0. The van der Waals surface area contributed by atoms with Crippen LogP contribution in [0.15, 0.2) is 0 Å². The SMILES string of the molecule is CC(C)[O-].CCCCCCCCCCCCCCCCCC(=O)[O-].[Ba+2]. The average Bonchev–Trinajstić information content (AvgIpc) is 2.50. The molecule has 0 unspecified atom stereocenters. The van der Waals surface area contributed by atoms with Crippen molar-refractivity contribution in [3.05, 3.63) is 0 Å². The van der Waals surface area contributed by atoms with E-state index >= 15 is 0 Å². The number of hydrogen-bond donors (Lipinski definition) is 0. The van der Waals surface area contributed by atoms with Crippen LogP contribution in [0.4, 0.5) is 0 Å². The van der Waals surface area contributed by atoms with Crippen LogP contribution in [0.1, 0.15) is 124 Å². The first-order valence-corrected chi connectivity index (χ1v) is 10.4. The maximum absolute atomic E-state index is 10.2. The predicted molar refractivity (Wildman–Crippen MR) is 105 cm³/mol. The first-order chi connectivity index (χ1) is 11.5. The van der Waals surface area contributed by atoms with E-state index in [1.165, 1.54) is 83.5 Å². The Kier molecular flexibility index (Phi) is 33.5. The largest absolute Gasteiger partial charge is 2.00 e. The van der Waals surface area contributed by atoms with Gasteiger partial charge in [-0.25, -0.2) is 0 Å². The fourth-order valence-corrected chi connectivity index (χ4v) is 2.64. The third-order valence-electron chi connectivity index (χ3n) is 3.98. The molecule has 0 aliphatic carbocycles. The van der Waals surface area contributed by atoms with Crippen molar-refractivity contribution in [2.45, 2.75) is 130 Å². The van der Waals surface area contributed by atoms with Crippen molar-refractivity contribution >= 4 is 54.9 Å². The van der Waals surface area contributed by atoms with Crippen molar-refractivity contribution in [2.24, 2.45) is 0 Å². The van der Waals surface area contributed by atoms with Gasteiger partial charge in [-0.3, -0.25) is 0 Å². The van der Waals surface area contributed by atoms with Crippen molar-refractivity contribution in [3.63, 3.8) is 0 Å². The van der Waals surface area contributed by atoms with Crippen LogP contribution in [0.25, 0.3) is 0 Å². The molecule has 146 valence electrons. The number of carbonyl (C=O) groups is 1. The molecule has 0 aliphatic rings. The second-order valence-electron chi connectivity index (χ2n) is 7.12. The van der Waals surface area contributed by atoms with E-state index in [-0.39, 0.29) is 55.3 Å². The summed E-state index contributed by atoms with van der Waals surface area (Å²) in [5, 5.41) is 19.7. The predicted octanol–water partition coefficient (Wildman–Crippen LogP) is 4.37. The van der Waals surface area contributed by atoms with Gasteiger partial charge in [0.25, 0.3) is 0 Å². The summed E-state index contributed by atoms with van der Waals surface area (Å²) in [6.45, 7) is 5.49. The van der Waals surface area contributed by atoms with Crippen molar-refractivity contribution in [1.29, 1.82) is 0 Å². The van der Waals surface area contributed by atoms with E-state index in [1.807, 2.05) is 0 Å². The molecule has 0 heterocycles. The molecule has 0 aliphatic heterocycles. The second kappa shape index (κ2) is 27.2. The van der Waals surface area contributed by atoms with Gasteiger partial charge in [-0.2, -0.15) is 0 Å². The summed E-state index contributed by atoms with van der Waals surface area (Å²) in [5.41, 5.74) is 0. The number of carboxylic acids is 1. The van der Waals surface area contributed by atoms with Gasteiger partial charge in [0.2, 0.25) is 0 Å². The maximum atomic E-state index is 10.2. The molecule has 0 atom stereocenters. The molecule has 0 N–H and O–H groups in total. The molecule has 0 rings (SSSR count). The molecule has 0 aromatic carbocycles. The molecule has 0 aromatic rings. The van der Waals surface area contributed by atoms with E-state index in [2.05, 4.69) is 6.92 Å². The molecule has 0 radical (unpaired) electrons. The van der Waals surface area contributed by atoms with Gasteiger partial charge in [0.1, 0.15) is 0 Å². The first-order valence-electron chi connectivity index (χ1n) is 10.4. The van der Waals surface area contributed by atoms with Crippen LogP contribution in [0, 0.1) is 0 Å². The Hall–Kier alpha value is 1.00. The van der Waals surface area contributed by atoms with Crippen molar-refractivity contribution in [3.8, 4) is 0 Å². The van der Waals surface area contributed by atoms with Gasteiger partial charge in [-0.1, -0.05) is 111 Å². The van der Waals surface area contributed by atoms with Crippen LogP contribution in [0.5, 0.6) is 0 Å². The van der Waals surface area contributed by atoms with Crippen LogP contribution in [-0.4, -0.2) is 61.0 Å². The van der Waals surface area contributed by atoms with Crippen molar-refractivity contribution in [1.82, 2.24) is 0 Å². The fraction of sp³-hybridized carbons (Fsp3) is 0.952. The molecule has 0 saturated carbocycles. The Morgan fingerprint density at radius 1 is 0.680 bits per heavy atom. The molecule has 25 heavy (non-hydrogen) atoms. The van der Waals surface area contributed by atoms with E-state index in [4.69, 9.17) is 0 Å². The molecule has 0 aromatic heterocycles. The normalized spacial score (nSPS) is 10.1. The minimum Gasteiger partial charge on any atom is -0.852 e. The smallest absolute Gasteiger partial charge is 0.852 e. The van der Waals surface area contributed by atoms with Gasteiger partial charge < -0.3 is 15.0 Å². The van der Waals surface area contributed by atoms with Gasteiger partial charge >= 0.3 is 48.9 Å². The summed E-state index contributed by atoms with van der Waals surface area (Å²) in [4.78, 5) is 10.2.